The van der Waals surface area contributed by atoms with Crippen molar-refractivity contribution >= 4 is 11.8 Å². The zero-order chi connectivity index (χ0) is 16.0. The van der Waals surface area contributed by atoms with Gasteiger partial charge >= 0.3 is 0 Å². The number of hydrogen-bond acceptors (Lipinski definition) is 4. The highest BCUT2D eigenvalue weighted by Gasteiger charge is 2.18. The van der Waals surface area contributed by atoms with E-state index in [0.29, 0.717) is 24.4 Å². The molecule has 0 amide bonds. The van der Waals surface area contributed by atoms with Crippen LogP contribution in [0.15, 0.2) is 42.7 Å². The van der Waals surface area contributed by atoms with Crippen LogP contribution in [0.1, 0.15) is 12.5 Å². The van der Waals surface area contributed by atoms with Crippen LogP contribution in [-0.4, -0.2) is 34.2 Å². The van der Waals surface area contributed by atoms with Crippen LogP contribution in [0.5, 0.6) is 0 Å². The van der Waals surface area contributed by atoms with Gasteiger partial charge in [-0.25, -0.2) is 4.39 Å². The lowest BCUT2D eigenvalue weighted by Gasteiger charge is -2.22. The van der Waals surface area contributed by atoms with E-state index in [2.05, 4.69) is 10.3 Å². The van der Waals surface area contributed by atoms with E-state index in [4.69, 9.17) is 0 Å². The Morgan fingerprint density at radius 1 is 1.23 bits per heavy atom. The maximum Gasteiger partial charge on any atom is 0.128 e. The van der Waals surface area contributed by atoms with Crippen molar-refractivity contribution in [2.75, 3.05) is 18.6 Å². The van der Waals surface area contributed by atoms with E-state index >= 15 is 0 Å². The van der Waals surface area contributed by atoms with Crippen LogP contribution in [0.3, 0.4) is 0 Å². The molecule has 1 unspecified atom stereocenters. The largest absolute Gasteiger partial charge is 0.388 e. The molecule has 1 aromatic carbocycles. The fourth-order valence-electron chi connectivity index (χ4n) is 2.24. The molecule has 3 nitrogen and oxygen atoms in total. The first-order chi connectivity index (χ1) is 10.5. The second-order valence-corrected chi connectivity index (χ2v) is 6.44. The number of halogens is 1. The summed E-state index contributed by atoms with van der Waals surface area (Å²) < 4.78 is 14.2. The normalized spacial score (nSPS) is 13.8. The Labute approximate surface area is 135 Å². The Hall–Kier alpha value is -1.43. The summed E-state index contributed by atoms with van der Waals surface area (Å²) in [5.74, 6) is 0.398. The van der Waals surface area contributed by atoms with Crippen molar-refractivity contribution in [1.29, 1.82) is 0 Å². The number of pyridine rings is 1. The van der Waals surface area contributed by atoms with Gasteiger partial charge in [-0.15, -0.1) is 0 Å². The Balaban J connectivity index is 1.99. The molecule has 2 rings (SSSR count). The summed E-state index contributed by atoms with van der Waals surface area (Å²) in [4.78, 5) is 3.96. The van der Waals surface area contributed by atoms with Crippen molar-refractivity contribution in [3.05, 3.63) is 54.1 Å². The second kappa shape index (κ2) is 7.72. The van der Waals surface area contributed by atoms with Crippen LogP contribution in [0.4, 0.5) is 4.39 Å². The summed E-state index contributed by atoms with van der Waals surface area (Å²) in [5, 5.41) is 13.2. The molecule has 0 aliphatic heterocycles. The van der Waals surface area contributed by atoms with Crippen LogP contribution >= 0.6 is 11.8 Å². The smallest absolute Gasteiger partial charge is 0.128 e. The fourth-order valence-corrected chi connectivity index (χ4v) is 2.97. The predicted octanol–water partition coefficient (Wildman–Crippen LogP) is 3.09. The summed E-state index contributed by atoms with van der Waals surface area (Å²) >= 11 is 1.59. The Morgan fingerprint density at radius 3 is 2.59 bits per heavy atom. The monoisotopic (exact) mass is 320 g/mol. The summed E-state index contributed by atoms with van der Waals surface area (Å²) in [6.07, 6.45) is 5.33. The Morgan fingerprint density at radius 2 is 1.95 bits per heavy atom. The van der Waals surface area contributed by atoms with E-state index in [1.807, 2.05) is 24.5 Å². The number of aromatic nitrogens is 1. The zero-order valence-corrected chi connectivity index (χ0v) is 13.7. The van der Waals surface area contributed by atoms with Crippen LogP contribution in [-0.2, 0) is 6.54 Å². The number of benzene rings is 1. The number of rotatable bonds is 7. The first-order valence-corrected chi connectivity index (χ1v) is 8.52. The molecule has 1 atom stereocenters. The van der Waals surface area contributed by atoms with Gasteiger partial charge in [0.1, 0.15) is 5.82 Å². The predicted molar refractivity (Wildman–Crippen MR) is 90.3 cm³/mol. The first kappa shape index (κ1) is 16.9. The number of aliphatic hydroxyl groups is 1. The molecule has 0 bridgehead atoms. The van der Waals surface area contributed by atoms with Gasteiger partial charge in [0.25, 0.3) is 0 Å². The molecule has 2 aromatic rings. The van der Waals surface area contributed by atoms with E-state index < -0.39 is 5.60 Å². The highest BCUT2D eigenvalue weighted by Crippen LogP contribution is 2.21. The quantitative estimate of drug-likeness (QED) is 0.823. The first-order valence-electron chi connectivity index (χ1n) is 7.13. The molecule has 0 saturated carbocycles. The minimum absolute atomic E-state index is 0.244. The lowest BCUT2D eigenvalue weighted by molar-refractivity contribution is 0.0845. The van der Waals surface area contributed by atoms with E-state index in [-0.39, 0.29) is 5.82 Å². The van der Waals surface area contributed by atoms with Crippen LogP contribution in [0.25, 0.3) is 11.1 Å². The maximum atomic E-state index is 14.2. The third-order valence-corrected chi connectivity index (χ3v) is 4.25. The van der Waals surface area contributed by atoms with Crippen molar-refractivity contribution in [2.45, 2.75) is 19.1 Å². The van der Waals surface area contributed by atoms with E-state index in [1.165, 1.54) is 6.07 Å². The molecule has 0 aliphatic rings. The van der Waals surface area contributed by atoms with Crippen molar-refractivity contribution in [1.82, 2.24) is 10.3 Å². The summed E-state index contributed by atoms with van der Waals surface area (Å²) in [6, 6.07) is 8.92. The van der Waals surface area contributed by atoms with Gasteiger partial charge in [0.05, 0.1) is 5.60 Å². The molecule has 118 valence electrons. The molecule has 2 N–H and O–H groups in total. The third kappa shape index (κ3) is 4.80. The average molecular weight is 320 g/mol. The molecule has 0 aliphatic carbocycles. The van der Waals surface area contributed by atoms with E-state index in [1.54, 1.807) is 37.1 Å². The van der Waals surface area contributed by atoms with Gasteiger partial charge in [-0.1, -0.05) is 12.1 Å². The van der Waals surface area contributed by atoms with E-state index in [9.17, 15) is 9.50 Å². The number of nitrogens with zero attached hydrogens (tertiary/aromatic N) is 1. The van der Waals surface area contributed by atoms with Gasteiger partial charge in [0.15, 0.2) is 0 Å². The van der Waals surface area contributed by atoms with Gasteiger partial charge in [-0.05, 0) is 42.5 Å². The van der Waals surface area contributed by atoms with Crippen molar-refractivity contribution in [3.8, 4) is 11.1 Å². The molecular formula is C17H21FN2OS. The van der Waals surface area contributed by atoms with Gasteiger partial charge < -0.3 is 10.4 Å². The van der Waals surface area contributed by atoms with Crippen molar-refractivity contribution in [3.63, 3.8) is 0 Å². The highest BCUT2D eigenvalue weighted by molar-refractivity contribution is 7.98. The SMILES string of the molecule is CSCC(C)(O)CNCc1ccc(-c2ccncc2)cc1F. The molecular weight excluding hydrogens is 299 g/mol. The van der Waals surface area contributed by atoms with Crippen LogP contribution in [0.2, 0.25) is 0 Å². The van der Waals surface area contributed by atoms with E-state index in [0.717, 1.165) is 11.1 Å². The Kier molecular flexibility index (Phi) is 5.94. The zero-order valence-electron chi connectivity index (χ0n) is 12.8. The number of hydrogen-bond donors (Lipinski definition) is 2. The van der Waals surface area contributed by atoms with Gasteiger partial charge in [-0.2, -0.15) is 11.8 Å². The topological polar surface area (TPSA) is 45.1 Å². The van der Waals surface area contributed by atoms with Gasteiger partial charge in [-0.3, -0.25) is 4.98 Å². The fraction of sp³-hybridized carbons (Fsp3) is 0.353. The average Bonchev–Trinajstić information content (AvgIpc) is 2.49. The molecule has 22 heavy (non-hydrogen) atoms. The third-order valence-electron chi connectivity index (χ3n) is 3.34. The molecule has 0 fully saturated rings. The molecule has 1 aromatic heterocycles. The molecule has 5 heteroatoms. The van der Waals surface area contributed by atoms with Crippen molar-refractivity contribution < 1.29 is 9.50 Å². The molecule has 1 heterocycles. The molecule has 0 radical (unpaired) electrons. The standard InChI is InChI=1S/C17H21FN2OS/c1-17(21,12-22-2)11-20-10-15-4-3-14(9-16(15)18)13-5-7-19-8-6-13/h3-9,20-21H,10-12H2,1-2H3. The van der Waals surface area contributed by atoms with Crippen LogP contribution < -0.4 is 5.32 Å². The molecule has 0 spiro atoms. The van der Waals surface area contributed by atoms with Gasteiger partial charge in [0, 0.05) is 36.8 Å². The highest BCUT2D eigenvalue weighted by atomic mass is 32.2. The van der Waals surface area contributed by atoms with Gasteiger partial charge in [0.2, 0.25) is 0 Å². The minimum atomic E-state index is -0.785. The summed E-state index contributed by atoms with van der Waals surface area (Å²) in [7, 11) is 0. The lowest BCUT2D eigenvalue weighted by atomic mass is 10.0. The summed E-state index contributed by atoms with van der Waals surface area (Å²) in [5.41, 5.74) is 1.58. The van der Waals surface area contributed by atoms with Crippen molar-refractivity contribution in [2.24, 2.45) is 0 Å². The molecule has 0 saturated heterocycles. The maximum absolute atomic E-state index is 14.2. The lowest BCUT2D eigenvalue weighted by Crippen LogP contribution is -2.39. The second-order valence-electron chi connectivity index (χ2n) is 5.58. The number of thioether (sulfide) groups is 1. The number of nitrogens with one attached hydrogen (secondary N) is 1. The minimum Gasteiger partial charge on any atom is -0.388 e. The Bertz CT molecular complexity index is 605. The summed E-state index contributed by atoms with van der Waals surface area (Å²) in [6.45, 7) is 2.60. The van der Waals surface area contributed by atoms with Crippen LogP contribution in [0, 0.1) is 5.82 Å².